The minimum absolute atomic E-state index is 0.0992. The lowest BCUT2D eigenvalue weighted by atomic mass is 9.95. The van der Waals surface area contributed by atoms with Gasteiger partial charge in [-0.2, -0.15) is 0 Å². The fraction of sp³-hybridized carbons (Fsp3) is 0. The predicted octanol–water partition coefficient (Wildman–Crippen LogP) is 15.6. The Bertz CT molecular complexity index is 5240. The highest BCUT2D eigenvalue weighted by atomic mass is 28.3. The van der Waals surface area contributed by atoms with E-state index in [1.54, 1.807) is 6.07 Å². The number of nitrogens with zero attached hydrogens (tertiary/aromatic N) is 2. The molecule has 2 aromatic heterocycles. The average Bonchev–Trinajstić information content (AvgIpc) is 1.29. The second kappa shape index (κ2) is 22.2. The Balaban J connectivity index is 1.00. The first-order chi connectivity index (χ1) is 45.3. The van der Waals surface area contributed by atoms with Gasteiger partial charge in [0.15, 0.2) is 16.1 Å². The van der Waals surface area contributed by atoms with Crippen molar-refractivity contribution in [1.29, 1.82) is 0 Å². The van der Waals surface area contributed by atoms with Crippen molar-refractivity contribution in [2.24, 2.45) is 0 Å². The minimum Gasteiger partial charge on any atom is -0.309 e. The largest absolute Gasteiger partial charge is 0.309 e. The summed E-state index contributed by atoms with van der Waals surface area (Å²) >= 11 is 0. The molecule has 0 spiro atoms. The lowest BCUT2D eigenvalue weighted by Gasteiger charge is -2.36. The van der Waals surface area contributed by atoms with Crippen molar-refractivity contribution in [2.75, 3.05) is 0 Å². The van der Waals surface area contributed by atoms with Crippen LogP contribution in [0.4, 0.5) is 0 Å². The summed E-state index contributed by atoms with van der Waals surface area (Å²) in [6.07, 6.45) is 0. The van der Waals surface area contributed by atoms with Crippen LogP contribution in [-0.4, -0.2) is 25.3 Å². The summed E-state index contributed by atoms with van der Waals surface area (Å²) in [7, 11) is -6.32. The molecule has 0 N–H and O–H groups in total. The zero-order valence-electron chi connectivity index (χ0n) is 52.2. The molecule has 14 aromatic carbocycles. The molecule has 0 saturated carbocycles. The van der Waals surface area contributed by atoms with Gasteiger partial charge in [0.1, 0.15) is 0 Å². The van der Waals surface area contributed by atoms with Gasteiger partial charge in [-0.3, -0.25) is 0 Å². The standard InChI is InChI=1S/C84H60N2Si2/c1-9-32-61(33-10-1)76-59-70(87(64-36-13-3-14-37-64,65-38-15-4-16-39-65)66-40-17-5-18-41-66)60-77(62-34-11-2-12-35-62)84(76)86-80-54-29-26-49-72(80)78-58-63(56-57-81(78)86)85-79-53-28-25-48-71(79)74-51-31-52-75(83(74)85)73-50-27-30-55-82(73)88(67-42-19-6-20-43-67,68-44-21-7-22-45-68)69-46-23-8-24-47-69/h1-60H/i1D,9D,10D,32D. The summed E-state index contributed by atoms with van der Waals surface area (Å²) in [5, 5.41) is 14.3. The Morgan fingerprint density at radius 3 is 1.23 bits per heavy atom. The molecule has 0 bridgehead atoms. The van der Waals surface area contributed by atoms with E-state index in [-0.39, 0.29) is 24.2 Å². The molecule has 2 heterocycles. The summed E-state index contributed by atoms with van der Waals surface area (Å²) < 4.78 is 42.3. The number of aromatic nitrogens is 2. The molecule has 16 aromatic rings. The van der Waals surface area contributed by atoms with Gasteiger partial charge in [0.25, 0.3) is 0 Å². The topological polar surface area (TPSA) is 9.86 Å². The summed E-state index contributed by atoms with van der Waals surface area (Å²) in [5.74, 6) is 0. The fourth-order valence-electron chi connectivity index (χ4n) is 14.5. The molecule has 0 atom stereocenters. The first-order valence-electron chi connectivity index (χ1n) is 32.2. The van der Waals surface area contributed by atoms with E-state index in [9.17, 15) is 4.11 Å². The van der Waals surface area contributed by atoms with Gasteiger partial charge < -0.3 is 9.13 Å². The van der Waals surface area contributed by atoms with Crippen LogP contribution in [0.5, 0.6) is 0 Å². The van der Waals surface area contributed by atoms with Crippen molar-refractivity contribution in [3.63, 3.8) is 0 Å². The minimum atomic E-state index is -3.28. The number of rotatable bonds is 13. The van der Waals surface area contributed by atoms with E-state index < -0.39 is 16.1 Å². The molecule has 0 saturated heterocycles. The van der Waals surface area contributed by atoms with Crippen LogP contribution in [0, 0.1) is 0 Å². The van der Waals surface area contributed by atoms with Crippen molar-refractivity contribution >= 4 is 101 Å². The van der Waals surface area contributed by atoms with Crippen LogP contribution in [0.3, 0.4) is 0 Å². The predicted molar refractivity (Wildman–Crippen MR) is 379 cm³/mol. The maximum absolute atomic E-state index is 9.92. The van der Waals surface area contributed by atoms with Crippen molar-refractivity contribution in [3.8, 4) is 44.8 Å². The second-order valence-corrected chi connectivity index (χ2v) is 30.3. The van der Waals surface area contributed by atoms with Gasteiger partial charge in [-0.15, -0.1) is 0 Å². The van der Waals surface area contributed by atoms with Crippen LogP contribution in [0.15, 0.2) is 364 Å². The van der Waals surface area contributed by atoms with Crippen molar-refractivity contribution in [2.45, 2.75) is 0 Å². The Morgan fingerprint density at radius 1 is 0.250 bits per heavy atom. The van der Waals surface area contributed by atoms with E-state index in [4.69, 9.17) is 1.37 Å². The Kier molecular flexibility index (Phi) is 12.2. The van der Waals surface area contributed by atoms with E-state index in [0.29, 0.717) is 11.1 Å². The van der Waals surface area contributed by atoms with Gasteiger partial charge in [-0.1, -0.05) is 334 Å². The smallest absolute Gasteiger partial charge is 0.180 e. The molecule has 414 valence electrons. The van der Waals surface area contributed by atoms with Crippen LogP contribution < -0.4 is 41.5 Å². The summed E-state index contributed by atoms with van der Waals surface area (Å²) in [6, 6.07) is 122. The average molecular weight is 1160 g/mol. The van der Waals surface area contributed by atoms with Crippen LogP contribution >= 0.6 is 0 Å². The van der Waals surface area contributed by atoms with E-state index in [1.807, 2.05) is 6.07 Å². The molecular weight excluding hydrogens is 1090 g/mol. The van der Waals surface area contributed by atoms with Crippen LogP contribution in [-0.2, 0) is 0 Å². The van der Waals surface area contributed by atoms with Gasteiger partial charge in [0, 0.05) is 43.9 Å². The number of hydrogen-bond donors (Lipinski definition) is 0. The van der Waals surface area contributed by atoms with E-state index in [2.05, 4.69) is 337 Å². The highest BCUT2D eigenvalue weighted by Gasteiger charge is 2.44. The van der Waals surface area contributed by atoms with Gasteiger partial charge in [0.05, 0.1) is 33.2 Å². The molecule has 4 heteroatoms. The molecule has 16 rings (SSSR count). The molecule has 0 aliphatic rings. The maximum atomic E-state index is 9.92. The normalized spacial score (nSPS) is 12.5. The molecule has 0 unspecified atom stereocenters. The third kappa shape index (κ3) is 8.44. The van der Waals surface area contributed by atoms with E-state index in [1.165, 1.54) is 41.9 Å². The van der Waals surface area contributed by atoms with Crippen molar-refractivity contribution in [1.82, 2.24) is 9.13 Å². The summed E-state index contributed by atoms with van der Waals surface area (Å²) in [6.45, 7) is 0. The SMILES string of the molecule is [2H]c1cc(-c2cc([Si](c3ccccc3)(c3ccccc3)c3ccccc3)cc(-c3ccccc3)c2-n2c3ccccc3c3cc(-n4c5ccccc5c5cccc(-c6ccccc6[Si](c6ccccc6)(c6ccccc6)c6ccccc6)c54)ccc32)c([2H])c([2H])c1[2H]. The van der Waals surface area contributed by atoms with Gasteiger partial charge in [-0.25, -0.2) is 0 Å². The van der Waals surface area contributed by atoms with Crippen LogP contribution in [0.25, 0.3) is 88.4 Å². The number of hydrogen-bond acceptors (Lipinski definition) is 0. The first-order valence-corrected chi connectivity index (χ1v) is 34.2. The van der Waals surface area contributed by atoms with Crippen LogP contribution in [0.1, 0.15) is 5.48 Å². The molecule has 2 nitrogen and oxygen atoms in total. The Morgan fingerprint density at radius 2 is 0.670 bits per heavy atom. The molecule has 0 fully saturated rings. The molecule has 0 aliphatic carbocycles. The summed E-state index contributed by atoms with van der Waals surface area (Å²) in [5.41, 5.74) is 11.3. The number of benzene rings is 14. The zero-order valence-corrected chi connectivity index (χ0v) is 50.2. The van der Waals surface area contributed by atoms with Crippen molar-refractivity contribution in [3.05, 3.63) is 364 Å². The van der Waals surface area contributed by atoms with Gasteiger partial charge in [-0.05, 0) is 88.5 Å². The zero-order chi connectivity index (χ0) is 61.9. The highest BCUT2D eigenvalue weighted by Crippen LogP contribution is 2.44. The highest BCUT2D eigenvalue weighted by molar-refractivity contribution is 7.21. The molecule has 0 aliphatic heterocycles. The van der Waals surface area contributed by atoms with Gasteiger partial charge >= 0.3 is 0 Å². The molecular formula is C84H60N2Si2. The second-order valence-electron chi connectivity index (χ2n) is 22.7. The van der Waals surface area contributed by atoms with Crippen molar-refractivity contribution < 1.29 is 5.48 Å². The Hall–Kier alpha value is -10.9. The Labute approximate surface area is 521 Å². The third-order valence-corrected chi connectivity index (χ3v) is 27.8. The molecule has 0 amide bonds. The quantitative estimate of drug-likeness (QED) is 0.0804. The summed E-state index contributed by atoms with van der Waals surface area (Å²) in [4.78, 5) is 0. The molecule has 0 radical (unpaired) electrons. The first kappa shape index (κ1) is 48.4. The molecule has 88 heavy (non-hydrogen) atoms. The lowest BCUT2D eigenvalue weighted by molar-refractivity contribution is 1.17. The number of fused-ring (bicyclic) bond motifs is 6. The van der Waals surface area contributed by atoms with E-state index in [0.717, 1.165) is 76.9 Å². The lowest BCUT2D eigenvalue weighted by Crippen LogP contribution is -2.75. The van der Waals surface area contributed by atoms with Gasteiger partial charge in [0.2, 0.25) is 0 Å². The van der Waals surface area contributed by atoms with E-state index >= 15 is 0 Å². The number of para-hydroxylation sites is 3. The fourth-order valence-corrected chi connectivity index (χ4v) is 24.3. The maximum Gasteiger partial charge on any atom is 0.180 e. The third-order valence-electron chi connectivity index (χ3n) is 18.2. The monoisotopic (exact) mass is 1160 g/mol. The van der Waals surface area contributed by atoms with Crippen LogP contribution in [0.2, 0.25) is 0 Å².